The van der Waals surface area contributed by atoms with E-state index in [1.807, 2.05) is 0 Å². The monoisotopic (exact) mass is 211 g/mol. The standard InChI is InChI=1S/C11H11F2NO/c1-15-10-5-7(6-14-10)11-8(12)3-2-4-9(11)13/h2-4,7H,5-6H2,1H3. The van der Waals surface area contributed by atoms with Crippen molar-refractivity contribution in [1.82, 2.24) is 0 Å². The van der Waals surface area contributed by atoms with Crippen LogP contribution in [0.3, 0.4) is 0 Å². The maximum absolute atomic E-state index is 13.4. The van der Waals surface area contributed by atoms with Gasteiger partial charge in [-0.25, -0.2) is 8.78 Å². The van der Waals surface area contributed by atoms with Gasteiger partial charge in [0.2, 0.25) is 0 Å². The fourth-order valence-corrected chi connectivity index (χ4v) is 1.79. The van der Waals surface area contributed by atoms with Crippen LogP contribution < -0.4 is 0 Å². The highest BCUT2D eigenvalue weighted by atomic mass is 19.1. The van der Waals surface area contributed by atoms with E-state index < -0.39 is 11.6 Å². The maximum Gasteiger partial charge on any atom is 0.183 e. The minimum atomic E-state index is -0.507. The lowest BCUT2D eigenvalue weighted by atomic mass is 9.96. The summed E-state index contributed by atoms with van der Waals surface area (Å²) in [5, 5.41) is 0. The number of hydrogen-bond donors (Lipinski definition) is 0. The van der Waals surface area contributed by atoms with Gasteiger partial charge in [-0.15, -0.1) is 0 Å². The second-order valence-electron chi connectivity index (χ2n) is 3.47. The maximum atomic E-state index is 13.4. The molecule has 2 nitrogen and oxygen atoms in total. The average Bonchev–Trinajstić information content (AvgIpc) is 2.66. The third kappa shape index (κ3) is 1.84. The fraction of sp³-hybridized carbons (Fsp3) is 0.364. The quantitative estimate of drug-likeness (QED) is 0.699. The lowest BCUT2D eigenvalue weighted by molar-refractivity contribution is 0.392. The van der Waals surface area contributed by atoms with Crippen LogP contribution in [0.5, 0.6) is 0 Å². The molecule has 0 aromatic heterocycles. The Balaban J connectivity index is 2.25. The Morgan fingerprint density at radius 2 is 2.00 bits per heavy atom. The zero-order valence-corrected chi connectivity index (χ0v) is 8.34. The van der Waals surface area contributed by atoms with Gasteiger partial charge in [-0.1, -0.05) is 6.07 Å². The van der Waals surface area contributed by atoms with Gasteiger partial charge in [0.15, 0.2) is 5.90 Å². The summed E-state index contributed by atoms with van der Waals surface area (Å²) >= 11 is 0. The molecule has 1 aliphatic rings. The predicted molar refractivity (Wildman–Crippen MR) is 53.0 cm³/mol. The smallest absolute Gasteiger partial charge is 0.183 e. The molecule has 0 saturated carbocycles. The molecule has 15 heavy (non-hydrogen) atoms. The van der Waals surface area contributed by atoms with Crippen LogP contribution in [0.1, 0.15) is 17.9 Å². The van der Waals surface area contributed by atoms with Gasteiger partial charge in [0.1, 0.15) is 11.6 Å². The molecule has 1 heterocycles. The highest BCUT2D eigenvalue weighted by Crippen LogP contribution is 2.29. The van der Waals surface area contributed by atoms with E-state index in [1.165, 1.54) is 25.3 Å². The lowest BCUT2D eigenvalue weighted by Crippen LogP contribution is -2.06. The van der Waals surface area contributed by atoms with E-state index in [4.69, 9.17) is 4.74 Å². The first-order valence-electron chi connectivity index (χ1n) is 4.73. The number of halogens is 2. The van der Waals surface area contributed by atoms with Gasteiger partial charge in [0, 0.05) is 17.9 Å². The second kappa shape index (κ2) is 3.96. The van der Waals surface area contributed by atoms with E-state index in [9.17, 15) is 8.78 Å². The van der Waals surface area contributed by atoms with Crippen LogP contribution in [0.25, 0.3) is 0 Å². The average molecular weight is 211 g/mol. The molecule has 0 N–H and O–H groups in total. The van der Waals surface area contributed by atoms with E-state index in [2.05, 4.69) is 4.99 Å². The third-order valence-corrected chi connectivity index (χ3v) is 2.55. The Morgan fingerprint density at radius 1 is 1.33 bits per heavy atom. The second-order valence-corrected chi connectivity index (χ2v) is 3.47. The van der Waals surface area contributed by atoms with Crippen molar-refractivity contribution in [2.45, 2.75) is 12.3 Å². The van der Waals surface area contributed by atoms with Crippen LogP contribution in [-0.2, 0) is 4.74 Å². The van der Waals surface area contributed by atoms with E-state index >= 15 is 0 Å². The van der Waals surface area contributed by atoms with Crippen molar-refractivity contribution in [3.63, 3.8) is 0 Å². The van der Waals surface area contributed by atoms with Crippen LogP contribution >= 0.6 is 0 Å². The first-order chi connectivity index (χ1) is 7.22. The molecule has 0 saturated heterocycles. The van der Waals surface area contributed by atoms with Gasteiger partial charge in [0.05, 0.1) is 13.7 Å². The van der Waals surface area contributed by atoms with Crippen molar-refractivity contribution in [2.75, 3.05) is 13.7 Å². The van der Waals surface area contributed by atoms with Gasteiger partial charge in [-0.2, -0.15) is 0 Å². The van der Waals surface area contributed by atoms with Crippen LogP contribution in [0.4, 0.5) is 8.78 Å². The van der Waals surface area contributed by atoms with E-state index in [0.29, 0.717) is 18.9 Å². The number of benzene rings is 1. The summed E-state index contributed by atoms with van der Waals surface area (Å²) in [5.74, 6) is -0.691. The topological polar surface area (TPSA) is 21.6 Å². The zero-order chi connectivity index (χ0) is 10.8. The molecule has 1 aromatic rings. The Kier molecular flexibility index (Phi) is 2.66. The summed E-state index contributed by atoms with van der Waals surface area (Å²) in [6.07, 6.45) is 0.467. The minimum Gasteiger partial charge on any atom is -0.484 e. The molecule has 0 fully saturated rings. The Labute approximate surface area is 86.6 Å². The first kappa shape index (κ1) is 10.1. The van der Waals surface area contributed by atoms with E-state index in [1.54, 1.807) is 0 Å². The molecule has 80 valence electrons. The normalized spacial score (nSPS) is 20.2. The summed E-state index contributed by atoms with van der Waals surface area (Å²) in [6.45, 7) is 0.390. The van der Waals surface area contributed by atoms with Gasteiger partial charge in [0.25, 0.3) is 0 Å². The van der Waals surface area contributed by atoms with Crippen LogP contribution in [0.15, 0.2) is 23.2 Å². The van der Waals surface area contributed by atoms with E-state index in [-0.39, 0.29) is 11.5 Å². The van der Waals surface area contributed by atoms with Crippen molar-refractivity contribution in [2.24, 2.45) is 4.99 Å². The number of methoxy groups -OCH3 is 1. The van der Waals surface area contributed by atoms with Gasteiger partial charge < -0.3 is 4.74 Å². The molecule has 1 unspecified atom stereocenters. The SMILES string of the molecule is COC1=NCC(c2c(F)cccc2F)C1. The van der Waals surface area contributed by atoms with Crippen molar-refractivity contribution in [3.05, 3.63) is 35.4 Å². The molecule has 0 aliphatic carbocycles. The predicted octanol–water partition coefficient (Wildman–Crippen LogP) is 2.50. The Hall–Kier alpha value is -1.45. The fourth-order valence-electron chi connectivity index (χ4n) is 1.79. The number of ether oxygens (including phenoxy) is 1. The van der Waals surface area contributed by atoms with Crippen molar-refractivity contribution in [3.8, 4) is 0 Å². The van der Waals surface area contributed by atoms with Crippen molar-refractivity contribution < 1.29 is 13.5 Å². The zero-order valence-electron chi connectivity index (χ0n) is 8.34. The molecular formula is C11H11F2NO. The number of hydrogen-bond acceptors (Lipinski definition) is 2. The molecule has 4 heteroatoms. The molecule has 2 rings (SSSR count). The molecule has 0 radical (unpaired) electrons. The highest BCUT2D eigenvalue weighted by molar-refractivity contribution is 5.79. The highest BCUT2D eigenvalue weighted by Gasteiger charge is 2.26. The van der Waals surface area contributed by atoms with Crippen LogP contribution in [0.2, 0.25) is 0 Å². The molecule has 0 bridgehead atoms. The lowest BCUT2D eigenvalue weighted by Gasteiger charge is -2.10. The summed E-state index contributed by atoms with van der Waals surface area (Å²) in [6, 6.07) is 3.90. The van der Waals surface area contributed by atoms with Crippen molar-refractivity contribution >= 4 is 5.90 Å². The molecule has 1 aliphatic heterocycles. The summed E-state index contributed by atoms with van der Waals surface area (Å²) in [7, 11) is 1.51. The molecule has 1 aromatic carbocycles. The van der Waals surface area contributed by atoms with Crippen molar-refractivity contribution in [1.29, 1.82) is 0 Å². The Morgan fingerprint density at radius 3 is 2.53 bits per heavy atom. The number of aliphatic imine (C=N–C) groups is 1. The van der Waals surface area contributed by atoms with Crippen LogP contribution in [0, 0.1) is 11.6 Å². The molecule has 0 amide bonds. The third-order valence-electron chi connectivity index (χ3n) is 2.55. The molecule has 0 spiro atoms. The van der Waals surface area contributed by atoms with Gasteiger partial charge in [-0.3, -0.25) is 4.99 Å². The molecular weight excluding hydrogens is 200 g/mol. The van der Waals surface area contributed by atoms with Crippen LogP contribution in [-0.4, -0.2) is 19.6 Å². The first-order valence-corrected chi connectivity index (χ1v) is 4.73. The molecule has 1 atom stereocenters. The summed E-state index contributed by atoms with van der Waals surface area (Å²) < 4.78 is 31.8. The number of nitrogens with zero attached hydrogens (tertiary/aromatic N) is 1. The van der Waals surface area contributed by atoms with Gasteiger partial charge in [-0.05, 0) is 12.1 Å². The van der Waals surface area contributed by atoms with E-state index in [0.717, 1.165) is 0 Å². The largest absolute Gasteiger partial charge is 0.484 e. The summed E-state index contributed by atoms with van der Waals surface area (Å²) in [4.78, 5) is 4.06. The van der Waals surface area contributed by atoms with Gasteiger partial charge >= 0.3 is 0 Å². The summed E-state index contributed by atoms with van der Waals surface area (Å²) in [5.41, 5.74) is 0.119. The number of rotatable bonds is 1. The Bertz CT molecular complexity index is 383. The minimum absolute atomic E-state index is 0.119.